The maximum Gasteiger partial charge on any atom is 0.339 e. The van der Waals surface area contributed by atoms with Gasteiger partial charge in [-0.3, -0.25) is 14.5 Å². The van der Waals surface area contributed by atoms with Gasteiger partial charge in [0.05, 0.1) is 28.2 Å². The third kappa shape index (κ3) is 3.56. The van der Waals surface area contributed by atoms with Crippen molar-refractivity contribution in [3.63, 3.8) is 0 Å². The van der Waals surface area contributed by atoms with Crippen molar-refractivity contribution in [2.75, 3.05) is 5.32 Å². The van der Waals surface area contributed by atoms with Gasteiger partial charge in [0.2, 0.25) is 0 Å². The summed E-state index contributed by atoms with van der Waals surface area (Å²) < 4.78 is 7.33. The highest BCUT2D eigenvalue weighted by atomic mass is 16.5. The molecule has 2 aromatic heterocycles. The summed E-state index contributed by atoms with van der Waals surface area (Å²) in [5.41, 5.74) is 5.46. The van der Waals surface area contributed by atoms with Gasteiger partial charge in [-0.1, -0.05) is 18.2 Å². The molecule has 0 radical (unpaired) electrons. The number of anilines is 1. The molecule has 30 heavy (non-hydrogen) atoms. The molecule has 4 rings (SSSR count). The molecular formula is C23H26N4O3. The molecule has 3 aromatic rings. The van der Waals surface area contributed by atoms with Gasteiger partial charge in [-0.15, -0.1) is 0 Å². The van der Waals surface area contributed by atoms with Crippen molar-refractivity contribution >= 4 is 28.5 Å². The van der Waals surface area contributed by atoms with E-state index in [1.807, 2.05) is 45.2 Å². The molecule has 1 aliphatic carbocycles. The normalized spacial score (nSPS) is 14.3. The van der Waals surface area contributed by atoms with E-state index in [1.165, 1.54) is 0 Å². The van der Waals surface area contributed by atoms with Crippen LogP contribution in [-0.2, 0) is 29.4 Å². The molecule has 7 nitrogen and oxygen atoms in total. The third-order valence-electron chi connectivity index (χ3n) is 5.78. The smallest absolute Gasteiger partial charge is 0.339 e. The van der Waals surface area contributed by atoms with Crippen molar-refractivity contribution in [3.8, 4) is 0 Å². The van der Waals surface area contributed by atoms with E-state index < -0.39 is 12.1 Å². The first-order valence-electron chi connectivity index (χ1n) is 10.3. The number of esters is 1. The molecule has 2 heterocycles. The quantitative estimate of drug-likeness (QED) is 0.669. The number of aryl methyl sites for hydroxylation is 3. The molecule has 0 saturated carbocycles. The first-order chi connectivity index (χ1) is 14.4. The van der Waals surface area contributed by atoms with E-state index in [9.17, 15) is 9.59 Å². The number of hydrogen-bond donors (Lipinski definition) is 1. The minimum Gasteiger partial charge on any atom is -0.449 e. The van der Waals surface area contributed by atoms with E-state index in [-0.39, 0.29) is 5.91 Å². The number of nitrogens with zero attached hydrogens (tertiary/aromatic N) is 3. The zero-order chi connectivity index (χ0) is 21.4. The molecule has 7 heteroatoms. The maximum absolute atomic E-state index is 13.2. The van der Waals surface area contributed by atoms with Crippen molar-refractivity contribution in [2.45, 2.75) is 52.6 Å². The Morgan fingerprint density at radius 1 is 1.17 bits per heavy atom. The van der Waals surface area contributed by atoms with Crippen LogP contribution in [0.25, 0.3) is 10.9 Å². The number of nitrogens with one attached hydrogen (secondary N) is 1. The number of carbonyl (C=O) groups is 2. The van der Waals surface area contributed by atoms with Crippen LogP contribution in [0.2, 0.25) is 0 Å². The summed E-state index contributed by atoms with van der Waals surface area (Å²) in [4.78, 5) is 30.7. The highest BCUT2D eigenvalue weighted by Gasteiger charge is 2.27. The minimum absolute atomic E-state index is 0.380. The van der Waals surface area contributed by atoms with Crippen LogP contribution in [-0.4, -0.2) is 32.7 Å². The van der Waals surface area contributed by atoms with Gasteiger partial charge in [-0.25, -0.2) is 4.79 Å². The molecule has 0 aliphatic heterocycles. The topological polar surface area (TPSA) is 86.1 Å². The average Bonchev–Trinajstić information content (AvgIpc) is 2.97. The van der Waals surface area contributed by atoms with Crippen molar-refractivity contribution in [2.24, 2.45) is 7.05 Å². The van der Waals surface area contributed by atoms with E-state index in [2.05, 4.69) is 10.4 Å². The summed E-state index contributed by atoms with van der Waals surface area (Å²) in [6.45, 7) is 5.29. The zero-order valence-corrected chi connectivity index (χ0v) is 17.8. The van der Waals surface area contributed by atoms with Crippen LogP contribution < -0.4 is 5.32 Å². The van der Waals surface area contributed by atoms with Crippen LogP contribution in [0.1, 0.15) is 52.8 Å². The van der Waals surface area contributed by atoms with Gasteiger partial charge in [0.15, 0.2) is 6.10 Å². The Bertz CT molecular complexity index is 1150. The molecule has 1 amide bonds. The molecule has 1 aromatic carbocycles. The summed E-state index contributed by atoms with van der Waals surface area (Å²) in [6, 6.07) is 7.60. The second kappa shape index (κ2) is 7.89. The summed E-state index contributed by atoms with van der Waals surface area (Å²) in [5, 5.41) is 7.92. The number of benzene rings is 1. The summed E-state index contributed by atoms with van der Waals surface area (Å²) >= 11 is 0. The number of fused-ring (bicyclic) bond motifs is 2. The molecule has 1 N–H and O–H groups in total. The molecule has 1 aliphatic rings. The number of pyridine rings is 1. The fourth-order valence-electron chi connectivity index (χ4n) is 4.06. The Morgan fingerprint density at radius 2 is 1.90 bits per heavy atom. The number of para-hydroxylation sites is 1. The van der Waals surface area contributed by atoms with Crippen LogP contribution in [0.3, 0.4) is 0 Å². The molecule has 0 saturated heterocycles. The fraction of sp³-hybridized carbons (Fsp3) is 0.391. The lowest BCUT2D eigenvalue weighted by Gasteiger charge is -2.21. The average molecular weight is 406 g/mol. The summed E-state index contributed by atoms with van der Waals surface area (Å²) in [7, 11) is 1.82. The van der Waals surface area contributed by atoms with Gasteiger partial charge in [0, 0.05) is 18.1 Å². The number of rotatable bonds is 4. The van der Waals surface area contributed by atoms with Gasteiger partial charge in [-0.05, 0) is 58.1 Å². The Morgan fingerprint density at radius 3 is 2.63 bits per heavy atom. The van der Waals surface area contributed by atoms with Gasteiger partial charge >= 0.3 is 5.97 Å². The molecule has 0 spiro atoms. The lowest BCUT2D eigenvalue weighted by molar-refractivity contribution is -0.123. The molecule has 0 fully saturated rings. The number of amides is 1. The Kier molecular flexibility index (Phi) is 5.28. The first-order valence-corrected chi connectivity index (χ1v) is 10.3. The van der Waals surface area contributed by atoms with Crippen molar-refractivity contribution in [1.82, 2.24) is 14.8 Å². The van der Waals surface area contributed by atoms with Gasteiger partial charge in [0.25, 0.3) is 5.91 Å². The predicted molar refractivity (Wildman–Crippen MR) is 115 cm³/mol. The Balaban J connectivity index is 1.61. The van der Waals surface area contributed by atoms with E-state index in [4.69, 9.17) is 9.72 Å². The van der Waals surface area contributed by atoms with E-state index >= 15 is 0 Å². The number of aromatic nitrogens is 3. The van der Waals surface area contributed by atoms with Crippen LogP contribution >= 0.6 is 0 Å². The van der Waals surface area contributed by atoms with Crippen molar-refractivity contribution in [3.05, 3.63) is 52.5 Å². The van der Waals surface area contributed by atoms with Crippen LogP contribution in [0, 0.1) is 13.8 Å². The van der Waals surface area contributed by atoms with Crippen LogP contribution in [0.5, 0.6) is 0 Å². The van der Waals surface area contributed by atoms with Gasteiger partial charge < -0.3 is 10.1 Å². The second-order valence-corrected chi connectivity index (χ2v) is 7.84. The van der Waals surface area contributed by atoms with E-state index in [0.29, 0.717) is 11.3 Å². The molecule has 0 unspecified atom stereocenters. The van der Waals surface area contributed by atoms with E-state index in [0.717, 1.165) is 59.2 Å². The third-order valence-corrected chi connectivity index (χ3v) is 5.78. The number of ether oxygens (including phenoxy) is 1. The summed E-state index contributed by atoms with van der Waals surface area (Å²) in [6.07, 6.45) is 2.79. The molecule has 1 atom stereocenters. The molecular weight excluding hydrogens is 380 g/mol. The standard InChI is InChI=1S/C23H26N4O3/c1-13-21(14(2)27(4)26-13)25-22(28)15(3)30-23(29)20-16-9-5-7-11-18(16)24-19-12-8-6-10-17(19)20/h5,7,9,11,15H,6,8,10,12H2,1-4H3,(H,25,28)/t15-/m0/s1. The van der Waals surface area contributed by atoms with Gasteiger partial charge in [0.1, 0.15) is 0 Å². The van der Waals surface area contributed by atoms with E-state index in [1.54, 1.807) is 11.6 Å². The Labute approximate surface area is 175 Å². The maximum atomic E-state index is 13.2. The molecule has 0 bridgehead atoms. The van der Waals surface area contributed by atoms with Gasteiger partial charge in [-0.2, -0.15) is 5.10 Å². The van der Waals surface area contributed by atoms with Crippen LogP contribution in [0.4, 0.5) is 5.69 Å². The summed E-state index contributed by atoms with van der Waals surface area (Å²) in [5.74, 6) is -0.858. The number of carbonyl (C=O) groups excluding carboxylic acids is 2. The number of hydrogen-bond acceptors (Lipinski definition) is 5. The minimum atomic E-state index is -0.942. The highest BCUT2D eigenvalue weighted by molar-refractivity contribution is 6.06. The Hall–Kier alpha value is -3.22. The van der Waals surface area contributed by atoms with Crippen molar-refractivity contribution < 1.29 is 14.3 Å². The first kappa shape index (κ1) is 20.1. The lowest BCUT2D eigenvalue weighted by Crippen LogP contribution is -2.31. The second-order valence-electron chi connectivity index (χ2n) is 7.84. The largest absolute Gasteiger partial charge is 0.449 e. The lowest BCUT2D eigenvalue weighted by atomic mass is 9.90. The fourth-order valence-corrected chi connectivity index (χ4v) is 4.06. The predicted octanol–water partition coefficient (Wildman–Crippen LogP) is 3.65. The monoisotopic (exact) mass is 406 g/mol. The molecule has 156 valence electrons. The van der Waals surface area contributed by atoms with Crippen molar-refractivity contribution in [1.29, 1.82) is 0 Å². The van der Waals surface area contributed by atoms with Crippen LogP contribution in [0.15, 0.2) is 24.3 Å². The zero-order valence-electron chi connectivity index (χ0n) is 17.8. The SMILES string of the molecule is Cc1nn(C)c(C)c1NC(=O)[C@H](C)OC(=O)c1c2c(nc3ccccc13)CCCC2. The highest BCUT2D eigenvalue weighted by Crippen LogP contribution is 2.30.